The molecule has 2 bridgehead atoms. The maximum Gasteiger partial charge on any atom is 0.418 e. The molecule has 1 aromatic carbocycles. The normalized spacial score (nSPS) is 24.1. The van der Waals surface area contributed by atoms with E-state index in [2.05, 4.69) is 10.1 Å². The third kappa shape index (κ3) is 5.30. The van der Waals surface area contributed by atoms with Crippen LogP contribution in [0.3, 0.4) is 0 Å². The van der Waals surface area contributed by atoms with Gasteiger partial charge in [-0.3, -0.25) is 0 Å². The van der Waals surface area contributed by atoms with E-state index in [4.69, 9.17) is 4.74 Å². The van der Waals surface area contributed by atoms with Crippen LogP contribution in [0.5, 0.6) is 0 Å². The van der Waals surface area contributed by atoms with Crippen LogP contribution in [-0.2, 0) is 15.7 Å². The number of carbonyl (C=O) groups excluding carboxylic acids is 2. The van der Waals surface area contributed by atoms with Gasteiger partial charge in [-0.25, -0.2) is 9.59 Å². The SMILES string of the molecule is COC(=O)c1ccc(C(F)(F)F)c(N[C@@H](C)C2C3CCC2CN(C(=O)OC(C)(C)C)C3)c1. The molecule has 9 heteroatoms. The van der Waals surface area contributed by atoms with Gasteiger partial charge in [-0.05, 0) is 76.5 Å². The van der Waals surface area contributed by atoms with Crippen LogP contribution in [0.25, 0.3) is 0 Å². The van der Waals surface area contributed by atoms with Crippen LogP contribution in [0.4, 0.5) is 23.7 Å². The van der Waals surface area contributed by atoms with E-state index < -0.39 is 23.3 Å². The fourth-order valence-electron chi connectivity index (χ4n) is 5.05. The molecular weight excluding hydrogens is 425 g/mol. The first kappa shape index (κ1) is 24.2. The van der Waals surface area contributed by atoms with Gasteiger partial charge < -0.3 is 19.7 Å². The van der Waals surface area contributed by atoms with Gasteiger partial charge in [-0.2, -0.15) is 13.2 Å². The Balaban J connectivity index is 1.77. The minimum Gasteiger partial charge on any atom is -0.465 e. The highest BCUT2D eigenvalue weighted by molar-refractivity contribution is 5.90. The van der Waals surface area contributed by atoms with Crippen molar-refractivity contribution in [2.75, 3.05) is 25.5 Å². The first-order chi connectivity index (χ1) is 14.8. The van der Waals surface area contributed by atoms with Crippen molar-refractivity contribution in [2.45, 2.75) is 58.4 Å². The fourth-order valence-corrected chi connectivity index (χ4v) is 5.05. The zero-order valence-corrected chi connectivity index (χ0v) is 19.1. The van der Waals surface area contributed by atoms with Crippen molar-refractivity contribution in [1.29, 1.82) is 0 Å². The van der Waals surface area contributed by atoms with Gasteiger partial charge in [-0.1, -0.05) is 0 Å². The lowest BCUT2D eigenvalue weighted by Crippen LogP contribution is -2.50. The van der Waals surface area contributed by atoms with Crippen LogP contribution in [0, 0.1) is 17.8 Å². The van der Waals surface area contributed by atoms with E-state index in [0.29, 0.717) is 13.1 Å². The minimum atomic E-state index is -4.56. The molecule has 1 N–H and O–H groups in total. The van der Waals surface area contributed by atoms with Gasteiger partial charge in [0.1, 0.15) is 5.60 Å². The van der Waals surface area contributed by atoms with E-state index in [-0.39, 0.29) is 41.1 Å². The number of hydrogen-bond acceptors (Lipinski definition) is 5. The Morgan fingerprint density at radius 3 is 2.22 bits per heavy atom. The largest absolute Gasteiger partial charge is 0.465 e. The third-order valence-corrected chi connectivity index (χ3v) is 6.26. The highest BCUT2D eigenvalue weighted by Gasteiger charge is 2.46. The van der Waals surface area contributed by atoms with E-state index in [0.717, 1.165) is 25.0 Å². The number of methoxy groups -OCH3 is 1. The smallest absolute Gasteiger partial charge is 0.418 e. The van der Waals surface area contributed by atoms with E-state index >= 15 is 0 Å². The molecule has 1 amide bonds. The number of anilines is 1. The molecule has 0 radical (unpaired) electrons. The molecule has 0 aromatic heterocycles. The zero-order chi connectivity index (χ0) is 23.8. The van der Waals surface area contributed by atoms with Crippen molar-refractivity contribution in [3.05, 3.63) is 29.3 Å². The number of fused-ring (bicyclic) bond motifs is 2. The molecular formula is C23H31F3N2O4. The third-order valence-electron chi connectivity index (χ3n) is 6.26. The van der Waals surface area contributed by atoms with E-state index in [1.807, 2.05) is 27.7 Å². The number of rotatable bonds is 4. The molecule has 1 aromatic rings. The van der Waals surface area contributed by atoms with Gasteiger partial charge in [0.15, 0.2) is 0 Å². The summed E-state index contributed by atoms with van der Waals surface area (Å²) in [4.78, 5) is 26.1. The van der Waals surface area contributed by atoms with Crippen LogP contribution in [-0.4, -0.2) is 48.8 Å². The Labute approximate surface area is 186 Å². The Morgan fingerprint density at radius 2 is 1.72 bits per heavy atom. The number of benzene rings is 1. The zero-order valence-electron chi connectivity index (χ0n) is 19.1. The molecule has 1 aliphatic carbocycles. The average Bonchev–Trinajstić information content (AvgIpc) is 2.94. The minimum absolute atomic E-state index is 0.0536. The van der Waals surface area contributed by atoms with Crippen LogP contribution in [0.1, 0.15) is 56.5 Å². The summed E-state index contributed by atoms with van der Waals surface area (Å²) in [5, 5.41) is 3.03. The number of alkyl halides is 3. The molecule has 1 aliphatic heterocycles. The van der Waals surface area contributed by atoms with Gasteiger partial charge in [0.05, 0.1) is 18.2 Å². The Morgan fingerprint density at radius 1 is 1.12 bits per heavy atom. The molecule has 1 saturated carbocycles. The average molecular weight is 457 g/mol. The number of nitrogens with one attached hydrogen (secondary N) is 1. The Hall–Kier alpha value is -2.45. The summed E-state index contributed by atoms with van der Waals surface area (Å²) in [6.07, 6.45) is -3.08. The van der Waals surface area contributed by atoms with Gasteiger partial charge in [0, 0.05) is 24.8 Å². The number of esters is 1. The summed E-state index contributed by atoms with van der Waals surface area (Å²) in [6, 6.07) is 2.94. The summed E-state index contributed by atoms with van der Waals surface area (Å²) in [5.74, 6) is -0.250. The van der Waals surface area contributed by atoms with Crippen LogP contribution in [0.15, 0.2) is 18.2 Å². The lowest BCUT2D eigenvalue weighted by molar-refractivity contribution is -0.137. The number of hydrogen-bond donors (Lipinski definition) is 1. The molecule has 2 fully saturated rings. The molecule has 3 atom stereocenters. The number of carbonyl (C=O) groups is 2. The number of piperidine rings is 1. The van der Waals surface area contributed by atoms with Crippen molar-refractivity contribution in [3.63, 3.8) is 0 Å². The van der Waals surface area contributed by atoms with E-state index in [1.165, 1.54) is 13.2 Å². The summed E-state index contributed by atoms with van der Waals surface area (Å²) < 4.78 is 50.9. The second-order valence-electron chi connectivity index (χ2n) is 9.74. The van der Waals surface area contributed by atoms with Gasteiger partial charge in [0.25, 0.3) is 0 Å². The lowest BCUT2D eigenvalue weighted by Gasteiger charge is -2.41. The molecule has 2 aliphatic rings. The second kappa shape index (κ2) is 8.83. The number of amides is 1. The van der Waals surface area contributed by atoms with Gasteiger partial charge >= 0.3 is 18.2 Å². The molecule has 178 valence electrons. The quantitative estimate of drug-likeness (QED) is 0.632. The first-order valence-electron chi connectivity index (χ1n) is 10.8. The number of ether oxygens (including phenoxy) is 2. The standard InChI is InChI=1S/C23H31F3N2O4/c1-13(27-18-10-14(20(29)31-5)8-9-17(18)23(24,25)26)19-15-6-7-16(19)12-28(11-15)21(30)32-22(2,3)4/h8-10,13,15-16,19,27H,6-7,11-12H2,1-5H3/t13-,15?,16?,19?/m0/s1. The van der Waals surface area contributed by atoms with Crippen LogP contribution < -0.4 is 5.32 Å². The van der Waals surface area contributed by atoms with E-state index in [9.17, 15) is 22.8 Å². The summed E-state index contributed by atoms with van der Waals surface area (Å²) in [6.45, 7) is 8.37. The maximum absolute atomic E-state index is 13.6. The van der Waals surface area contributed by atoms with E-state index in [1.54, 1.807) is 4.90 Å². The lowest BCUT2D eigenvalue weighted by atomic mass is 9.80. The summed E-state index contributed by atoms with van der Waals surface area (Å²) in [7, 11) is 1.19. The Bertz CT molecular complexity index is 852. The molecule has 3 rings (SSSR count). The van der Waals surface area contributed by atoms with Crippen LogP contribution >= 0.6 is 0 Å². The predicted octanol–water partition coefficient (Wildman–Crippen LogP) is 5.19. The van der Waals surface area contributed by atoms with Crippen molar-refractivity contribution in [1.82, 2.24) is 4.90 Å². The monoisotopic (exact) mass is 456 g/mol. The maximum atomic E-state index is 13.6. The summed E-state index contributed by atoms with van der Waals surface area (Å²) in [5.41, 5.74) is -1.49. The Kier molecular flexibility index (Phi) is 6.67. The molecule has 6 nitrogen and oxygen atoms in total. The van der Waals surface area contributed by atoms with Crippen molar-refractivity contribution in [3.8, 4) is 0 Å². The van der Waals surface area contributed by atoms with Crippen molar-refractivity contribution >= 4 is 17.7 Å². The molecule has 32 heavy (non-hydrogen) atoms. The number of halogens is 3. The summed E-state index contributed by atoms with van der Waals surface area (Å²) >= 11 is 0. The number of nitrogens with zero attached hydrogens (tertiary/aromatic N) is 1. The highest BCUT2D eigenvalue weighted by Crippen LogP contribution is 2.45. The van der Waals surface area contributed by atoms with Gasteiger partial charge in [-0.15, -0.1) is 0 Å². The van der Waals surface area contributed by atoms with Crippen molar-refractivity contribution in [2.24, 2.45) is 17.8 Å². The van der Waals surface area contributed by atoms with Crippen molar-refractivity contribution < 1.29 is 32.2 Å². The fraction of sp³-hybridized carbons (Fsp3) is 0.652. The highest BCUT2D eigenvalue weighted by atomic mass is 19.4. The first-order valence-corrected chi connectivity index (χ1v) is 10.8. The predicted molar refractivity (Wildman–Crippen MR) is 113 cm³/mol. The molecule has 0 spiro atoms. The second-order valence-corrected chi connectivity index (χ2v) is 9.74. The molecule has 2 unspecified atom stereocenters. The van der Waals surface area contributed by atoms with Crippen LogP contribution in [0.2, 0.25) is 0 Å². The molecule has 1 heterocycles. The topological polar surface area (TPSA) is 67.9 Å². The molecule has 1 saturated heterocycles. The van der Waals surface area contributed by atoms with Gasteiger partial charge in [0.2, 0.25) is 0 Å². The number of likely N-dealkylation sites (tertiary alicyclic amines) is 1.